The molecule has 2 aromatic carbocycles. The summed E-state index contributed by atoms with van der Waals surface area (Å²) in [4.78, 5) is 18.7. The highest BCUT2D eigenvalue weighted by atomic mass is 32.1. The van der Waals surface area contributed by atoms with Crippen LogP contribution in [0.4, 0.5) is 5.69 Å². The van der Waals surface area contributed by atoms with E-state index in [1.54, 1.807) is 11.3 Å². The third-order valence-corrected chi connectivity index (χ3v) is 8.10. The second kappa shape index (κ2) is 9.16. The summed E-state index contributed by atoms with van der Waals surface area (Å²) in [6.45, 7) is 2.01. The minimum absolute atomic E-state index is 0.0512. The number of thiazole rings is 1. The standard InChI is InChI=1S/C27H30N2O2S/c1-17-28-25-23(13-14-24(25)32-17)27(31)29-22-11-8-18(9-12-22)15-19-7-10-21(16-19)26(30)20-5-3-2-4-6-20/h2-6,8-9,11-12,19,21,23,26,30H,7,10,13-16H2,1H3,(H,29,31)/t19-,21-,23?,26+/m0/s1. The first-order valence-electron chi connectivity index (χ1n) is 11.7. The summed E-state index contributed by atoms with van der Waals surface area (Å²) in [6.07, 6.45) is 5.77. The average Bonchev–Trinajstić information content (AvgIpc) is 3.51. The highest BCUT2D eigenvalue weighted by Crippen LogP contribution is 2.40. The van der Waals surface area contributed by atoms with Crippen molar-refractivity contribution in [1.29, 1.82) is 0 Å². The number of aryl methyl sites for hydroxylation is 2. The molecule has 0 spiro atoms. The lowest BCUT2D eigenvalue weighted by Gasteiger charge is -2.19. The van der Waals surface area contributed by atoms with Crippen LogP contribution in [0.3, 0.4) is 0 Å². The van der Waals surface area contributed by atoms with Gasteiger partial charge in [-0.05, 0) is 80.5 Å². The molecule has 0 saturated heterocycles. The van der Waals surface area contributed by atoms with Crippen molar-refractivity contribution in [2.45, 2.75) is 57.5 Å². The Morgan fingerprint density at radius 3 is 2.69 bits per heavy atom. The third-order valence-electron chi connectivity index (χ3n) is 7.06. The van der Waals surface area contributed by atoms with Crippen LogP contribution in [-0.4, -0.2) is 16.0 Å². The fraction of sp³-hybridized carbons (Fsp3) is 0.407. The lowest BCUT2D eigenvalue weighted by Crippen LogP contribution is -2.19. The topological polar surface area (TPSA) is 62.2 Å². The van der Waals surface area contributed by atoms with E-state index in [-0.39, 0.29) is 17.9 Å². The Balaban J connectivity index is 1.15. The summed E-state index contributed by atoms with van der Waals surface area (Å²) in [5.41, 5.74) is 4.15. The van der Waals surface area contributed by atoms with Crippen molar-refractivity contribution in [1.82, 2.24) is 4.98 Å². The number of rotatable bonds is 6. The maximum absolute atomic E-state index is 12.8. The zero-order chi connectivity index (χ0) is 22.1. The third kappa shape index (κ3) is 4.50. The molecule has 5 rings (SSSR count). The molecule has 0 bridgehead atoms. The Hall–Kier alpha value is -2.50. The van der Waals surface area contributed by atoms with Crippen molar-refractivity contribution < 1.29 is 9.90 Å². The van der Waals surface area contributed by atoms with E-state index in [2.05, 4.69) is 22.4 Å². The number of nitrogens with zero attached hydrogens (tertiary/aromatic N) is 1. The fourth-order valence-corrected chi connectivity index (χ4v) is 6.41. The van der Waals surface area contributed by atoms with Crippen LogP contribution in [0, 0.1) is 18.8 Å². The number of carbonyl (C=O) groups is 1. The molecule has 32 heavy (non-hydrogen) atoms. The van der Waals surface area contributed by atoms with E-state index in [4.69, 9.17) is 0 Å². The maximum Gasteiger partial charge on any atom is 0.233 e. The van der Waals surface area contributed by atoms with Crippen molar-refractivity contribution in [3.8, 4) is 0 Å². The van der Waals surface area contributed by atoms with Gasteiger partial charge in [0.2, 0.25) is 5.91 Å². The molecule has 2 aliphatic carbocycles. The number of anilines is 1. The van der Waals surface area contributed by atoms with E-state index < -0.39 is 0 Å². The van der Waals surface area contributed by atoms with Gasteiger partial charge in [-0.2, -0.15) is 0 Å². The Labute approximate surface area is 193 Å². The number of fused-ring (bicyclic) bond motifs is 1. The predicted octanol–water partition coefficient (Wildman–Crippen LogP) is 5.81. The van der Waals surface area contributed by atoms with E-state index in [1.807, 2.05) is 49.4 Å². The minimum Gasteiger partial charge on any atom is -0.388 e. The molecule has 1 unspecified atom stereocenters. The molecule has 4 nitrogen and oxygen atoms in total. The van der Waals surface area contributed by atoms with Crippen LogP contribution in [0.25, 0.3) is 0 Å². The number of carbonyl (C=O) groups excluding carboxylic acids is 1. The first kappa shape index (κ1) is 21.4. The molecule has 2 N–H and O–H groups in total. The van der Waals surface area contributed by atoms with Crippen molar-refractivity contribution in [2.75, 3.05) is 5.32 Å². The summed E-state index contributed by atoms with van der Waals surface area (Å²) >= 11 is 1.71. The van der Waals surface area contributed by atoms with Crippen LogP contribution in [0.1, 0.15) is 64.4 Å². The van der Waals surface area contributed by atoms with Gasteiger partial charge in [0.1, 0.15) is 0 Å². The molecular weight excluding hydrogens is 416 g/mol. The molecule has 4 atom stereocenters. The number of aliphatic hydroxyl groups is 1. The normalized spacial score (nSPS) is 23.1. The molecule has 1 saturated carbocycles. The number of hydrogen-bond donors (Lipinski definition) is 2. The second-order valence-electron chi connectivity index (χ2n) is 9.32. The van der Waals surface area contributed by atoms with Crippen LogP contribution in [-0.2, 0) is 17.6 Å². The molecule has 1 heterocycles. The Bertz CT molecular complexity index is 1080. The van der Waals surface area contributed by atoms with Gasteiger partial charge >= 0.3 is 0 Å². The van der Waals surface area contributed by atoms with Crippen molar-refractivity contribution in [3.05, 3.63) is 81.3 Å². The summed E-state index contributed by atoms with van der Waals surface area (Å²) < 4.78 is 0. The Kier molecular flexibility index (Phi) is 6.11. The van der Waals surface area contributed by atoms with Gasteiger partial charge in [-0.15, -0.1) is 11.3 Å². The largest absolute Gasteiger partial charge is 0.388 e. The van der Waals surface area contributed by atoms with Crippen LogP contribution < -0.4 is 5.32 Å². The van der Waals surface area contributed by atoms with E-state index in [1.165, 1.54) is 10.4 Å². The number of aromatic nitrogens is 1. The lowest BCUT2D eigenvalue weighted by molar-refractivity contribution is -0.117. The molecule has 2 aliphatic rings. The van der Waals surface area contributed by atoms with Gasteiger partial charge in [-0.25, -0.2) is 4.98 Å². The van der Waals surface area contributed by atoms with Gasteiger partial charge in [0.25, 0.3) is 0 Å². The van der Waals surface area contributed by atoms with Gasteiger partial charge in [0, 0.05) is 10.6 Å². The van der Waals surface area contributed by atoms with Crippen LogP contribution in [0.5, 0.6) is 0 Å². The van der Waals surface area contributed by atoms with Crippen molar-refractivity contribution in [3.63, 3.8) is 0 Å². The summed E-state index contributed by atoms with van der Waals surface area (Å²) in [5, 5.41) is 14.9. The quantitative estimate of drug-likeness (QED) is 0.502. The molecule has 1 amide bonds. The molecule has 1 fully saturated rings. The predicted molar refractivity (Wildman–Crippen MR) is 129 cm³/mol. The average molecular weight is 447 g/mol. The number of nitrogens with one attached hydrogen (secondary N) is 1. The number of hydrogen-bond acceptors (Lipinski definition) is 4. The molecule has 0 aliphatic heterocycles. The van der Waals surface area contributed by atoms with E-state index in [0.717, 1.165) is 60.5 Å². The van der Waals surface area contributed by atoms with Crippen LogP contribution in [0.15, 0.2) is 54.6 Å². The van der Waals surface area contributed by atoms with Crippen LogP contribution >= 0.6 is 11.3 Å². The minimum atomic E-state index is -0.364. The summed E-state index contributed by atoms with van der Waals surface area (Å²) in [6, 6.07) is 18.3. The first-order valence-corrected chi connectivity index (χ1v) is 12.5. The molecular formula is C27H30N2O2S. The molecule has 3 aromatic rings. The van der Waals surface area contributed by atoms with Gasteiger partial charge in [-0.1, -0.05) is 42.5 Å². The smallest absolute Gasteiger partial charge is 0.233 e. The summed E-state index contributed by atoms with van der Waals surface area (Å²) in [7, 11) is 0. The zero-order valence-electron chi connectivity index (χ0n) is 18.5. The zero-order valence-corrected chi connectivity index (χ0v) is 19.3. The summed E-state index contributed by atoms with van der Waals surface area (Å²) in [5.74, 6) is 0.867. The Morgan fingerprint density at radius 1 is 1.12 bits per heavy atom. The van der Waals surface area contributed by atoms with Gasteiger partial charge in [-0.3, -0.25) is 4.79 Å². The molecule has 5 heteroatoms. The second-order valence-corrected chi connectivity index (χ2v) is 10.6. The first-order chi connectivity index (χ1) is 15.6. The Morgan fingerprint density at radius 2 is 1.91 bits per heavy atom. The van der Waals surface area contributed by atoms with Gasteiger partial charge < -0.3 is 10.4 Å². The van der Waals surface area contributed by atoms with Gasteiger partial charge in [0.05, 0.1) is 22.7 Å². The highest BCUT2D eigenvalue weighted by Gasteiger charge is 2.32. The number of amides is 1. The van der Waals surface area contributed by atoms with E-state index in [0.29, 0.717) is 11.8 Å². The molecule has 166 valence electrons. The molecule has 1 aromatic heterocycles. The maximum atomic E-state index is 12.8. The fourth-order valence-electron chi connectivity index (χ4n) is 5.40. The number of aliphatic hydroxyl groups excluding tert-OH is 1. The monoisotopic (exact) mass is 446 g/mol. The SMILES string of the molecule is Cc1nc2c(s1)CCC2C(=O)Nc1ccc(C[C@@H]2CC[C@H]([C@H](O)c3ccccc3)C2)cc1. The van der Waals surface area contributed by atoms with Crippen LogP contribution in [0.2, 0.25) is 0 Å². The number of benzene rings is 2. The van der Waals surface area contributed by atoms with Crippen molar-refractivity contribution in [2.24, 2.45) is 11.8 Å². The van der Waals surface area contributed by atoms with E-state index >= 15 is 0 Å². The van der Waals surface area contributed by atoms with Crippen molar-refractivity contribution >= 4 is 22.9 Å². The van der Waals surface area contributed by atoms with Gasteiger partial charge in [0.15, 0.2) is 0 Å². The highest BCUT2D eigenvalue weighted by molar-refractivity contribution is 7.11. The van der Waals surface area contributed by atoms with E-state index in [9.17, 15) is 9.90 Å². The molecule has 0 radical (unpaired) electrons. The lowest BCUT2D eigenvalue weighted by atomic mass is 9.91.